The van der Waals surface area contributed by atoms with Crippen molar-refractivity contribution in [2.24, 2.45) is 0 Å². The van der Waals surface area contributed by atoms with E-state index in [0.717, 1.165) is 17.2 Å². The van der Waals surface area contributed by atoms with Gasteiger partial charge in [0.2, 0.25) is 0 Å². The minimum absolute atomic E-state index is 0.427. The van der Waals surface area contributed by atoms with E-state index in [4.69, 9.17) is 4.74 Å². The van der Waals surface area contributed by atoms with Crippen LogP contribution >= 0.6 is 0 Å². The van der Waals surface area contributed by atoms with Crippen molar-refractivity contribution >= 4 is 11.4 Å². The minimum atomic E-state index is 0.427. The lowest BCUT2D eigenvalue weighted by Gasteiger charge is -2.24. The van der Waals surface area contributed by atoms with Crippen molar-refractivity contribution in [3.63, 3.8) is 0 Å². The van der Waals surface area contributed by atoms with Gasteiger partial charge in [-0.15, -0.1) is 0 Å². The first-order valence-electron chi connectivity index (χ1n) is 10.6. The van der Waals surface area contributed by atoms with E-state index in [2.05, 4.69) is 65.1 Å². The summed E-state index contributed by atoms with van der Waals surface area (Å²) < 4.78 is 6.18. The van der Waals surface area contributed by atoms with Crippen LogP contribution in [0.5, 0.6) is 11.5 Å². The van der Waals surface area contributed by atoms with Gasteiger partial charge in [0.15, 0.2) is 5.75 Å². The molecule has 1 N–H and O–H groups in total. The van der Waals surface area contributed by atoms with E-state index in [9.17, 15) is 0 Å². The predicted octanol–water partition coefficient (Wildman–Crippen LogP) is 8.59. The molecule has 0 aromatic heterocycles. The number of rotatable bonds is 7. The van der Waals surface area contributed by atoms with E-state index in [0.29, 0.717) is 17.8 Å². The Morgan fingerprint density at radius 2 is 1.21 bits per heavy atom. The van der Waals surface area contributed by atoms with Gasteiger partial charge in [0.1, 0.15) is 5.75 Å². The van der Waals surface area contributed by atoms with Gasteiger partial charge in [0, 0.05) is 5.69 Å². The Balaban J connectivity index is 2.06. The maximum Gasteiger partial charge on any atom is 0.150 e. The summed E-state index contributed by atoms with van der Waals surface area (Å²) in [4.78, 5) is 0. The standard InChI is InChI=1S/C27H33NO/c1-18(2)21-16-23(19(3)4)27(24(17-21)20(5)6)28-25-14-10-11-15-26(25)29-22-12-8-7-9-13-22/h7-20,28H,1-6H3. The lowest BCUT2D eigenvalue weighted by atomic mass is 9.87. The number of anilines is 2. The first kappa shape index (κ1) is 21.0. The third kappa shape index (κ3) is 5.00. The van der Waals surface area contributed by atoms with Crippen LogP contribution in [0.4, 0.5) is 11.4 Å². The van der Waals surface area contributed by atoms with E-state index in [1.165, 1.54) is 22.4 Å². The Hall–Kier alpha value is -2.74. The summed E-state index contributed by atoms with van der Waals surface area (Å²) >= 11 is 0. The number of para-hydroxylation sites is 3. The van der Waals surface area contributed by atoms with Crippen LogP contribution in [0.25, 0.3) is 0 Å². The SMILES string of the molecule is CC(C)c1cc(C(C)C)c(Nc2ccccc2Oc2ccccc2)c(C(C)C)c1. The number of hydrogen-bond donors (Lipinski definition) is 1. The van der Waals surface area contributed by atoms with Gasteiger partial charge in [-0.25, -0.2) is 0 Å². The third-order valence-electron chi connectivity index (χ3n) is 5.25. The fourth-order valence-electron chi connectivity index (χ4n) is 3.51. The van der Waals surface area contributed by atoms with Gasteiger partial charge < -0.3 is 10.1 Å². The van der Waals surface area contributed by atoms with Gasteiger partial charge in [-0.3, -0.25) is 0 Å². The van der Waals surface area contributed by atoms with E-state index < -0.39 is 0 Å². The van der Waals surface area contributed by atoms with Crippen LogP contribution in [0.3, 0.4) is 0 Å². The van der Waals surface area contributed by atoms with Crippen LogP contribution in [-0.4, -0.2) is 0 Å². The molecule has 3 rings (SSSR count). The molecule has 0 aliphatic heterocycles. The summed E-state index contributed by atoms with van der Waals surface area (Å²) in [7, 11) is 0. The summed E-state index contributed by atoms with van der Waals surface area (Å²) in [6.45, 7) is 13.6. The lowest BCUT2D eigenvalue weighted by Crippen LogP contribution is -2.07. The molecule has 29 heavy (non-hydrogen) atoms. The summed E-state index contributed by atoms with van der Waals surface area (Å²) in [5, 5.41) is 3.73. The smallest absolute Gasteiger partial charge is 0.150 e. The third-order valence-corrected chi connectivity index (χ3v) is 5.25. The van der Waals surface area contributed by atoms with Gasteiger partial charge in [-0.1, -0.05) is 84.0 Å². The van der Waals surface area contributed by atoms with Gasteiger partial charge in [0.05, 0.1) is 5.69 Å². The summed E-state index contributed by atoms with van der Waals surface area (Å²) in [6.07, 6.45) is 0. The van der Waals surface area contributed by atoms with E-state index in [1.807, 2.05) is 48.5 Å². The first-order valence-corrected chi connectivity index (χ1v) is 10.6. The molecule has 0 unspecified atom stereocenters. The Labute approximate surface area is 175 Å². The second-order valence-corrected chi connectivity index (χ2v) is 8.57. The van der Waals surface area contributed by atoms with E-state index in [1.54, 1.807) is 0 Å². The summed E-state index contributed by atoms with van der Waals surface area (Å²) in [5.74, 6) is 3.03. The van der Waals surface area contributed by atoms with Crippen LogP contribution in [0, 0.1) is 0 Å². The molecular formula is C27H33NO. The normalized spacial score (nSPS) is 11.3. The largest absolute Gasteiger partial charge is 0.455 e. The van der Waals surface area contributed by atoms with Crippen molar-refractivity contribution in [3.05, 3.63) is 83.4 Å². The molecular weight excluding hydrogens is 354 g/mol. The Kier molecular flexibility index (Phi) is 6.64. The zero-order valence-corrected chi connectivity index (χ0v) is 18.5. The molecule has 0 heterocycles. The minimum Gasteiger partial charge on any atom is -0.455 e. The van der Waals surface area contributed by atoms with E-state index in [-0.39, 0.29) is 0 Å². The van der Waals surface area contributed by atoms with Crippen molar-refractivity contribution in [1.29, 1.82) is 0 Å². The lowest BCUT2D eigenvalue weighted by molar-refractivity contribution is 0.485. The molecule has 0 spiro atoms. The van der Waals surface area contributed by atoms with Gasteiger partial charge in [0.25, 0.3) is 0 Å². The quantitative estimate of drug-likeness (QED) is 0.438. The molecule has 0 atom stereocenters. The highest BCUT2D eigenvalue weighted by molar-refractivity contribution is 5.73. The molecule has 0 bridgehead atoms. The fourth-order valence-corrected chi connectivity index (χ4v) is 3.51. The molecule has 0 radical (unpaired) electrons. The fraction of sp³-hybridized carbons (Fsp3) is 0.333. The predicted molar refractivity (Wildman–Crippen MR) is 125 cm³/mol. The molecule has 0 saturated heterocycles. The maximum absolute atomic E-state index is 6.18. The van der Waals surface area contributed by atoms with Crippen molar-refractivity contribution in [1.82, 2.24) is 0 Å². The molecule has 0 fully saturated rings. The number of hydrogen-bond acceptors (Lipinski definition) is 2. The van der Waals surface area contributed by atoms with Crippen molar-refractivity contribution < 1.29 is 4.74 Å². The van der Waals surface area contributed by atoms with Gasteiger partial charge >= 0.3 is 0 Å². The van der Waals surface area contributed by atoms with E-state index >= 15 is 0 Å². The Morgan fingerprint density at radius 1 is 0.655 bits per heavy atom. The summed E-state index contributed by atoms with van der Waals surface area (Å²) in [6, 6.07) is 22.8. The Bertz CT molecular complexity index is 913. The molecule has 2 nitrogen and oxygen atoms in total. The molecule has 0 amide bonds. The van der Waals surface area contributed by atoms with Crippen LogP contribution in [0.2, 0.25) is 0 Å². The average molecular weight is 388 g/mol. The highest BCUT2D eigenvalue weighted by Crippen LogP contribution is 2.40. The molecule has 3 aromatic rings. The number of ether oxygens (including phenoxy) is 1. The van der Waals surface area contributed by atoms with Crippen LogP contribution in [-0.2, 0) is 0 Å². The second-order valence-electron chi connectivity index (χ2n) is 8.57. The zero-order valence-electron chi connectivity index (χ0n) is 18.5. The van der Waals surface area contributed by atoms with Crippen LogP contribution in [0.15, 0.2) is 66.7 Å². The molecule has 0 aliphatic carbocycles. The maximum atomic E-state index is 6.18. The Morgan fingerprint density at radius 3 is 1.76 bits per heavy atom. The molecule has 2 heteroatoms. The van der Waals surface area contributed by atoms with Gasteiger partial charge in [-0.2, -0.15) is 0 Å². The van der Waals surface area contributed by atoms with Crippen molar-refractivity contribution in [2.45, 2.75) is 59.3 Å². The highest BCUT2D eigenvalue weighted by Gasteiger charge is 2.18. The number of benzene rings is 3. The molecule has 3 aromatic carbocycles. The van der Waals surface area contributed by atoms with Crippen LogP contribution in [0.1, 0.15) is 76.0 Å². The highest BCUT2D eigenvalue weighted by atomic mass is 16.5. The van der Waals surface area contributed by atoms with Crippen molar-refractivity contribution in [3.8, 4) is 11.5 Å². The number of nitrogens with one attached hydrogen (secondary N) is 1. The van der Waals surface area contributed by atoms with Crippen molar-refractivity contribution in [2.75, 3.05) is 5.32 Å². The second kappa shape index (κ2) is 9.17. The molecule has 0 aliphatic rings. The zero-order chi connectivity index (χ0) is 21.0. The molecule has 152 valence electrons. The van der Waals surface area contributed by atoms with Crippen LogP contribution < -0.4 is 10.1 Å². The topological polar surface area (TPSA) is 21.3 Å². The monoisotopic (exact) mass is 387 g/mol. The first-order chi connectivity index (χ1) is 13.9. The van der Waals surface area contributed by atoms with Gasteiger partial charge in [-0.05, 0) is 58.7 Å². The average Bonchev–Trinajstić information content (AvgIpc) is 2.69. The summed E-state index contributed by atoms with van der Waals surface area (Å²) in [5.41, 5.74) is 6.31. The molecule has 0 saturated carbocycles.